The maximum atomic E-state index is 12.3. The number of hydrogen-bond donors (Lipinski definition) is 0. The van der Waals surface area contributed by atoms with E-state index >= 15 is 0 Å². The summed E-state index contributed by atoms with van der Waals surface area (Å²) in [5.74, 6) is 0.990. The van der Waals surface area contributed by atoms with Crippen LogP contribution in [0.3, 0.4) is 0 Å². The van der Waals surface area contributed by atoms with Crippen molar-refractivity contribution in [3.05, 3.63) is 24.3 Å². The van der Waals surface area contributed by atoms with Crippen LogP contribution in [0.15, 0.2) is 24.3 Å². The van der Waals surface area contributed by atoms with Crippen LogP contribution < -0.4 is 9.79 Å². The fraction of sp³-hybridized carbons (Fsp3) is 0.625. The first-order valence-corrected chi connectivity index (χ1v) is 10.1. The Morgan fingerprint density at radius 3 is 1.50 bits per heavy atom. The van der Waals surface area contributed by atoms with E-state index in [-0.39, 0.29) is 0 Å². The lowest BCUT2D eigenvalue weighted by Gasteiger charge is -2.08. The fourth-order valence-electron chi connectivity index (χ4n) is 1.65. The van der Waals surface area contributed by atoms with Crippen LogP contribution >= 0.6 is 16.0 Å². The van der Waals surface area contributed by atoms with Crippen LogP contribution in [-0.4, -0.2) is 23.8 Å². The molecule has 0 aromatic rings. The molecule has 0 fully saturated rings. The zero-order chi connectivity index (χ0) is 16.5. The molecular weight excluding hydrogens is 318 g/mol. The molecule has 6 heteroatoms. The van der Waals surface area contributed by atoms with Gasteiger partial charge in [0.05, 0.1) is 13.2 Å². The van der Waals surface area contributed by atoms with Gasteiger partial charge in [0.15, 0.2) is 0 Å². The van der Waals surface area contributed by atoms with Crippen molar-refractivity contribution >= 4 is 26.6 Å². The van der Waals surface area contributed by atoms with Crippen LogP contribution in [0.2, 0.25) is 0 Å². The molecule has 0 N–H and O–H groups in total. The summed E-state index contributed by atoms with van der Waals surface area (Å²) in [6.07, 6.45) is 8.63. The predicted octanol–water partition coefficient (Wildman–Crippen LogP) is 2.93. The lowest BCUT2D eigenvalue weighted by molar-refractivity contribution is -0.173. The zero-order valence-electron chi connectivity index (χ0n) is 13.8. The van der Waals surface area contributed by atoms with Gasteiger partial charge in [-0.25, -0.2) is 0 Å². The van der Waals surface area contributed by atoms with E-state index < -0.39 is 16.0 Å². The van der Waals surface area contributed by atoms with E-state index in [1.54, 1.807) is 24.3 Å². The molecule has 0 aromatic heterocycles. The SMILES string of the molecule is CC(C)CCO[P+]([O-])=C1C=CC=CC1=[P+]([O-])OCCC(C)C. The summed E-state index contributed by atoms with van der Waals surface area (Å²) in [7, 11) is -4.00. The molecule has 2 atom stereocenters. The Labute approximate surface area is 136 Å². The third kappa shape index (κ3) is 7.28. The molecule has 0 bridgehead atoms. The lowest BCUT2D eigenvalue weighted by Crippen LogP contribution is -2.18. The highest BCUT2D eigenvalue weighted by Gasteiger charge is 2.24. The first-order chi connectivity index (χ1) is 10.4. The fourth-order valence-corrected chi connectivity index (χ4v) is 3.90. The van der Waals surface area contributed by atoms with E-state index in [1.165, 1.54) is 0 Å². The molecule has 124 valence electrons. The van der Waals surface area contributed by atoms with Gasteiger partial charge < -0.3 is 9.79 Å². The topological polar surface area (TPSA) is 64.6 Å². The van der Waals surface area contributed by atoms with Crippen molar-refractivity contribution in [3.63, 3.8) is 0 Å². The molecule has 0 amide bonds. The van der Waals surface area contributed by atoms with Gasteiger partial charge in [-0.3, -0.25) is 0 Å². The van der Waals surface area contributed by atoms with Crippen LogP contribution in [0.1, 0.15) is 40.5 Å². The molecule has 4 nitrogen and oxygen atoms in total. The minimum absolute atomic E-state index is 0.437. The van der Waals surface area contributed by atoms with Crippen molar-refractivity contribution in [3.8, 4) is 0 Å². The highest BCUT2D eigenvalue weighted by atomic mass is 31.1. The Morgan fingerprint density at radius 1 is 0.818 bits per heavy atom. The Hall–Kier alpha value is -0.340. The molecule has 0 saturated carbocycles. The van der Waals surface area contributed by atoms with Crippen molar-refractivity contribution in [2.24, 2.45) is 11.8 Å². The second-order valence-electron chi connectivity index (χ2n) is 6.03. The molecule has 22 heavy (non-hydrogen) atoms. The highest BCUT2D eigenvalue weighted by Crippen LogP contribution is 2.27. The van der Waals surface area contributed by atoms with Crippen LogP contribution in [0.5, 0.6) is 0 Å². The van der Waals surface area contributed by atoms with Crippen LogP contribution in [0.4, 0.5) is 0 Å². The zero-order valence-corrected chi connectivity index (χ0v) is 15.6. The Kier molecular flexibility index (Phi) is 9.35. The first kappa shape index (κ1) is 19.7. The van der Waals surface area contributed by atoms with Crippen molar-refractivity contribution in [1.82, 2.24) is 0 Å². The summed E-state index contributed by atoms with van der Waals surface area (Å²) in [4.78, 5) is 24.6. The maximum absolute atomic E-state index is 12.3. The average Bonchev–Trinajstić information content (AvgIpc) is 2.46. The molecule has 1 rings (SSSR count). The predicted molar refractivity (Wildman–Crippen MR) is 92.9 cm³/mol. The summed E-state index contributed by atoms with van der Waals surface area (Å²) in [6, 6.07) is 0. The van der Waals surface area contributed by atoms with E-state index in [9.17, 15) is 9.79 Å². The molecule has 0 radical (unpaired) electrons. The number of rotatable bonds is 8. The van der Waals surface area contributed by atoms with E-state index in [0.717, 1.165) is 12.8 Å². The van der Waals surface area contributed by atoms with E-state index in [4.69, 9.17) is 9.05 Å². The van der Waals surface area contributed by atoms with Gasteiger partial charge in [-0.15, -0.1) is 0 Å². The van der Waals surface area contributed by atoms with E-state index in [1.807, 2.05) is 0 Å². The third-order valence-electron chi connectivity index (χ3n) is 3.08. The van der Waals surface area contributed by atoms with Gasteiger partial charge in [-0.1, -0.05) is 39.8 Å². The molecule has 2 unspecified atom stereocenters. The smallest absolute Gasteiger partial charge is 0.233 e. The second-order valence-corrected chi connectivity index (χ2v) is 8.54. The Balaban J connectivity index is 2.77. The van der Waals surface area contributed by atoms with Crippen molar-refractivity contribution in [2.45, 2.75) is 40.5 Å². The van der Waals surface area contributed by atoms with Gasteiger partial charge in [0.2, 0.25) is 26.6 Å². The molecule has 0 aliphatic heterocycles. The Morgan fingerprint density at radius 2 is 1.18 bits per heavy atom. The molecule has 0 aromatic carbocycles. The van der Waals surface area contributed by atoms with Crippen molar-refractivity contribution in [1.29, 1.82) is 0 Å². The van der Waals surface area contributed by atoms with Gasteiger partial charge >= 0.3 is 0 Å². The minimum Gasteiger partial charge on any atom is -0.602 e. The molecule has 0 spiro atoms. The van der Waals surface area contributed by atoms with E-state index in [2.05, 4.69) is 27.7 Å². The van der Waals surface area contributed by atoms with Gasteiger partial charge in [-0.2, -0.15) is 9.05 Å². The summed E-state index contributed by atoms with van der Waals surface area (Å²) in [5, 5.41) is 0.957. The van der Waals surface area contributed by atoms with Crippen LogP contribution in [-0.2, 0) is 9.05 Å². The Bertz CT molecular complexity index is 433. The summed E-state index contributed by atoms with van der Waals surface area (Å²) in [6.45, 7) is 9.22. The standard InChI is InChI=1S/C16H26O4P2/c1-13(2)9-11-19-21(17)15-7-5-6-8-16(15)22(18)20-12-10-14(3)4/h5-8,13-14H,9-12H2,1-4H3. The van der Waals surface area contributed by atoms with Gasteiger partial charge in [0.25, 0.3) is 0 Å². The number of allylic oxidation sites excluding steroid dienone is 4. The highest BCUT2D eigenvalue weighted by molar-refractivity contribution is 7.59. The van der Waals surface area contributed by atoms with Crippen molar-refractivity contribution in [2.75, 3.05) is 13.2 Å². The minimum atomic E-state index is -2.00. The monoisotopic (exact) mass is 344 g/mol. The van der Waals surface area contributed by atoms with Gasteiger partial charge in [0, 0.05) is 0 Å². The summed E-state index contributed by atoms with van der Waals surface area (Å²) < 4.78 is 10.8. The molecule has 1 aliphatic rings. The number of hydrogen-bond acceptors (Lipinski definition) is 4. The largest absolute Gasteiger partial charge is 0.602 e. The van der Waals surface area contributed by atoms with Crippen molar-refractivity contribution < 1.29 is 18.8 Å². The van der Waals surface area contributed by atoms with Crippen LogP contribution in [0, 0.1) is 11.8 Å². The molecule has 0 saturated heterocycles. The van der Waals surface area contributed by atoms with Gasteiger partial charge in [0.1, 0.15) is 0 Å². The lowest BCUT2D eigenvalue weighted by atomic mass is 10.2. The first-order valence-electron chi connectivity index (χ1n) is 7.71. The summed E-state index contributed by atoms with van der Waals surface area (Å²) >= 11 is 0. The normalized spacial score (nSPS) is 19.3. The maximum Gasteiger partial charge on any atom is 0.233 e. The average molecular weight is 344 g/mol. The quantitative estimate of drug-likeness (QED) is 0.635. The molecule has 1 aliphatic carbocycles. The third-order valence-corrected chi connectivity index (χ3v) is 5.66. The van der Waals surface area contributed by atoms with E-state index in [0.29, 0.717) is 35.6 Å². The summed E-state index contributed by atoms with van der Waals surface area (Å²) in [5.41, 5.74) is 0. The molecular formula is C16H26O4P2. The molecule has 0 heterocycles. The second kappa shape index (κ2) is 10.4. The van der Waals surface area contributed by atoms with Gasteiger partial charge in [-0.05, 0) is 36.8 Å². The van der Waals surface area contributed by atoms with Crippen LogP contribution in [0.25, 0.3) is 0 Å².